The summed E-state index contributed by atoms with van der Waals surface area (Å²) in [6, 6.07) is -5.03. The van der Waals surface area contributed by atoms with E-state index in [1.54, 1.807) is 0 Å². The minimum Gasteiger partial charge on any atom is -0.481 e. The average Bonchev–Trinajstić information content (AvgIpc) is 3.61. The Hall–Kier alpha value is -5.00. The summed E-state index contributed by atoms with van der Waals surface area (Å²) in [6.45, 7) is 0.111. The van der Waals surface area contributed by atoms with E-state index < -0.39 is 60.2 Å². The van der Waals surface area contributed by atoms with E-state index in [1.807, 2.05) is 0 Å². The van der Waals surface area contributed by atoms with Crippen LogP contribution < -0.4 is 33.2 Å². The van der Waals surface area contributed by atoms with Crippen molar-refractivity contribution < 1.29 is 34.2 Å². The molecule has 224 valence electrons. The summed E-state index contributed by atoms with van der Waals surface area (Å²) in [5, 5.41) is 25.7. The number of aromatic nitrogens is 4. The lowest BCUT2D eigenvalue weighted by molar-refractivity contribution is -0.143. The summed E-state index contributed by atoms with van der Waals surface area (Å²) in [4.78, 5) is 79.0. The molecule has 0 fully saturated rings. The number of rotatable bonds is 18. The van der Waals surface area contributed by atoms with Crippen LogP contribution in [0.5, 0.6) is 0 Å². The number of carbonyl (C=O) groups is 5. The number of aliphatic imine (C=N–C) groups is 1. The molecule has 4 unspecified atom stereocenters. The predicted octanol–water partition coefficient (Wildman–Crippen LogP) is -3.30. The molecular formula is C23H35N11O7. The third-order valence-electron chi connectivity index (χ3n) is 5.78. The van der Waals surface area contributed by atoms with Crippen LogP contribution in [0.3, 0.4) is 0 Å². The van der Waals surface area contributed by atoms with Gasteiger partial charge in [0.25, 0.3) is 0 Å². The number of H-pyrrole nitrogens is 2. The van der Waals surface area contributed by atoms with Gasteiger partial charge in [-0.2, -0.15) is 0 Å². The van der Waals surface area contributed by atoms with Crippen molar-refractivity contribution in [2.75, 3.05) is 6.54 Å². The van der Waals surface area contributed by atoms with Gasteiger partial charge in [-0.15, -0.1) is 0 Å². The topological polar surface area (TPSA) is 310 Å². The van der Waals surface area contributed by atoms with Crippen molar-refractivity contribution in [3.63, 3.8) is 0 Å². The summed E-state index contributed by atoms with van der Waals surface area (Å²) in [6.07, 6.45) is 5.19. The molecule has 0 aromatic carbocycles. The Morgan fingerprint density at radius 1 is 0.829 bits per heavy atom. The largest absolute Gasteiger partial charge is 0.481 e. The number of hydrogen-bond acceptors (Lipinski definition) is 9. The van der Waals surface area contributed by atoms with E-state index in [0.29, 0.717) is 11.4 Å². The number of aromatic amines is 2. The van der Waals surface area contributed by atoms with Gasteiger partial charge in [0, 0.05) is 49.6 Å². The number of nitrogens with zero attached hydrogens (tertiary/aromatic N) is 3. The molecule has 41 heavy (non-hydrogen) atoms. The van der Waals surface area contributed by atoms with E-state index in [0.717, 1.165) is 0 Å². The van der Waals surface area contributed by atoms with E-state index in [9.17, 15) is 29.1 Å². The number of nitrogens with one attached hydrogen (secondary N) is 5. The van der Waals surface area contributed by atoms with E-state index in [-0.39, 0.29) is 44.6 Å². The highest BCUT2D eigenvalue weighted by Crippen LogP contribution is 2.06. The zero-order valence-corrected chi connectivity index (χ0v) is 22.1. The molecule has 2 aromatic rings. The highest BCUT2D eigenvalue weighted by atomic mass is 16.4. The van der Waals surface area contributed by atoms with Crippen molar-refractivity contribution in [2.24, 2.45) is 22.2 Å². The highest BCUT2D eigenvalue weighted by Gasteiger charge is 2.31. The predicted molar refractivity (Wildman–Crippen MR) is 143 cm³/mol. The van der Waals surface area contributed by atoms with Gasteiger partial charge in [-0.25, -0.2) is 14.8 Å². The summed E-state index contributed by atoms with van der Waals surface area (Å²) in [5.41, 5.74) is 17.8. The number of amides is 3. The summed E-state index contributed by atoms with van der Waals surface area (Å²) in [5.74, 6) is -5.14. The third-order valence-corrected chi connectivity index (χ3v) is 5.78. The first-order valence-electron chi connectivity index (χ1n) is 12.6. The number of carboxylic acid groups (broad SMARTS) is 2. The van der Waals surface area contributed by atoms with Crippen molar-refractivity contribution in [3.05, 3.63) is 36.4 Å². The zero-order chi connectivity index (χ0) is 30.4. The van der Waals surface area contributed by atoms with Crippen LogP contribution in [-0.2, 0) is 36.8 Å². The second kappa shape index (κ2) is 16.2. The number of imidazole rings is 2. The maximum Gasteiger partial charge on any atom is 0.326 e. The monoisotopic (exact) mass is 577 g/mol. The van der Waals surface area contributed by atoms with Crippen molar-refractivity contribution in [2.45, 2.75) is 62.7 Å². The van der Waals surface area contributed by atoms with Gasteiger partial charge in [0.2, 0.25) is 17.7 Å². The molecule has 2 aromatic heterocycles. The van der Waals surface area contributed by atoms with E-state index >= 15 is 0 Å². The molecule has 0 saturated carbocycles. The fourth-order valence-electron chi connectivity index (χ4n) is 3.67. The number of carboxylic acids is 2. The smallest absolute Gasteiger partial charge is 0.326 e. The number of hydrogen-bond donors (Lipinski definition) is 10. The van der Waals surface area contributed by atoms with Crippen LogP contribution in [0.4, 0.5) is 0 Å². The number of guanidine groups is 1. The molecule has 13 N–H and O–H groups in total. The first-order valence-corrected chi connectivity index (χ1v) is 12.6. The molecule has 18 heteroatoms. The lowest BCUT2D eigenvalue weighted by Crippen LogP contribution is -2.57. The molecule has 0 aliphatic rings. The molecule has 0 aliphatic carbocycles. The SMILES string of the molecule is NC(N)=NCCCC(NC(=O)C(Cc1cnc[nH]1)NC(=O)C(N)Cc1cnc[nH]1)C(=O)NC(CCC(=O)O)C(=O)O. The van der Waals surface area contributed by atoms with Crippen molar-refractivity contribution in [3.8, 4) is 0 Å². The lowest BCUT2D eigenvalue weighted by atomic mass is 10.1. The number of aliphatic carboxylic acids is 2. The average molecular weight is 578 g/mol. The number of nitrogens with two attached hydrogens (primary N) is 3. The second-order valence-electron chi connectivity index (χ2n) is 9.07. The molecule has 0 bridgehead atoms. The summed E-state index contributed by atoms with van der Waals surface area (Å²) >= 11 is 0. The second-order valence-corrected chi connectivity index (χ2v) is 9.07. The first kappa shape index (κ1) is 32.2. The van der Waals surface area contributed by atoms with Crippen molar-refractivity contribution in [1.82, 2.24) is 35.9 Å². The van der Waals surface area contributed by atoms with Gasteiger partial charge in [0.1, 0.15) is 18.1 Å². The van der Waals surface area contributed by atoms with Crippen LogP contribution in [0.2, 0.25) is 0 Å². The Bertz CT molecular complexity index is 1180. The van der Waals surface area contributed by atoms with Gasteiger partial charge in [-0.05, 0) is 19.3 Å². The maximum absolute atomic E-state index is 13.4. The number of carbonyl (C=O) groups excluding carboxylic acids is 3. The van der Waals surface area contributed by atoms with Crippen LogP contribution >= 0.6 is 0 Å². The Labute approximate surface area is 234 Å². The summed E-state index contributed by atoms with van der Waals surface area (Å²) in [7, 11) is 0. The maximum atomic E-state index is 13.4. The van der Waals surface area contributed by atoms with Gasteiger partial charge in [0.05, 0.1) is 18.7 Å². The van der Waals surface area contributed by atoms with Gasteiger partial charge in [0.15, 0.2) is 5.96 Å². The Morgan fingerprint density at radius 2 is 1.39 bits per heavy atom. The first-order chi connectivity index (χ1) is 19.5. The van der Waals surface area contributed by atoms with Crippen LogP contribution in [0.1, 0.15) is 37.1 Å². The normalized spacial score (nSPS) is 13.7. The summed E-state index contributed by atoms with van der Waals surface area (Å²) < 4.78 is 0. The Morgan fingerprint density at radius 3 is 1.93 bits per heavy atom. The Balaban J connectivity index is 2.19. The van der Waals surface area contributed by atoms with E-state index in [1.165, 1.54) is 25.0 Å². The van der Waals surface area contributed by atoms with Crippen LogP contribution in [0.25, 0.3) is 0 Å². The zero-order valence-electron chi connectivity index (χ0n) is 22.1. The van der Waals surface area contributed by atoms with Gasteiger partial charge in [-0.3, -0.25) is 24.2 Å². The molecule has 3 amide bonds. The van der Waals surface area contributed by atoms with Crippen molar-refractivity contribution >= 4 is 35.6 Å². The van der Waals surface area contributed by atoms with Gasteiger partial charge in [-0.1, -0.05) is 0 Å². The molecule has 0 spiro atoms. The van der Waals surface area contributed by atoms with Crippen LogP contribution in [0.15, 0.2) is 30.0 Å². The van der Waals surface area contributed by atoms with Gasteiger partial charge >= 0.3 is 11.9 Å². The van der Waals surface area contributed by atoms with E-state index in [2.05, 4.69) is 40.9 Å². The van der Waals surface area contributed by atoms with Gasteiger partial charge < -0.3 is 53.3 Å². The van der Waals surface area contributed by atoms with Crippen molar-refractivity contribution in [1.29, 1.82) is 0 Å². The minimum atomic E-state index is -1.52. The fourth-order valence-corrected chi connectivity index (χ4v) is 3.67. The molecule has 0 saturated heterocycles. The molecule has 4 atom stereocenters. The van der Waals surface area contributed by atoms with E-state index in [4.69, 9.17) is 22.3 Å². The molecule has 2 heterocycles. The highest BCUT2D eigenvalue weighted by molar-refractivity contribution is 5.94. The van der Waals surface area contributed by atoms with Crippen LogP contribution in [-0.4, -0.2) is 96.5 Å². The molecule has 2 rings (SSSR count). The third kappa shape index (κ3) is 11.7. The molecular weight excluding hydrogens is 542 g/mol. The minimum absolute atomic E-state index is 0.0102. The molecule has 0 radical (unpaired) electrons. The Kier molecular flexibility index (Phi) is 12.7. The quantitative estimate of drug-likeness (QED) is 0.0473. The van der Waals surface area contributed by atoms with Crippen LogP contribution in [0, 0.1) is 0 Å². The lowest BCUT2D eigenvalue weighted by Gasteiger charge is -2.25. The standard InChI is InChI=1S/C23H35N11O7/c24-14(6-12-8-27-10-30-12)19(37)34-17(7-13-9-28-11-31-13)21(39)32-15(2-1-5-29-23(25)26)20(38)33-16(22(40)41)3-4-18(35)36/h8-11,14-17H,1-7,24H2,(H,27,30)(H,28,31)(H,32,39)(H,33,38)(H,34,37)(H,35,36)(H,40,41)(H4,25,26,29). The fraction of sp³-hybridized carbons (Fsp3) is 0.478. The molecule has 0 aliphatic heterocycles. The molecule has 18 nitrogen and oxygen atoms in total.